The van der Waals surface area contributed by atoms with E-state index in [-0.39, 0.29) is 17.5 Å². The maximum Gasteiger partial charge on any atom is 0.267 e. The maximum atomic E-state index is 13.1. The van der Waals surface area contributed by atoms with Crippen LogP contribution in [0.3, 0.4) is 0 Å². The number of hydrogen-bond acceptors (Lipinski definition) is 6. The lowest BCUT2D eigenvalue weighted by atomic mass is 10.2. The Morgan fingerprint density at radius 2 is 2.07 bits per heavy atom. The molecule has 3 rings (SSSR count). The minimum Gasteiger partial charge on any atom is -0.369 e. The Balaban J connectivity index is 2.17. The van der Waals surface area contributed by atoms with Gasteiger partial charge in [-0.2, -0.15) is 0 Å². The molecule has 1 fully saturated rings. The van der Waals surface area contributed by atoms with Crippen LogP contribution in [0.2, 0.25) is 0 Å². The number of carbonyl (C=O) groups is 1. The summed E-state index contributed by atoms with van der Waals surface area (Å²) < 4.78 is 2.02. The lowest BCUT2D eigenvalue weighted by molar-refractivity contribution is -0.123. The first kappa shape index (κ1) is 19.6. The van der Waals surface area contributed by atoms with Crippen LogP contribution in [0.15, 0.2) is 28.0 Å². The molecule has 1 amide bonds. The third-order valence-corrected chi connectivity index (χ3v) is 5.49. The number of thioether (sulfide) groups is 1. The van der Waals surface area contributed by atoms with Gasteiger partial charge in [-0.25, -0.2) is 4.98 Å². The van der Waals surface area contributed by atoms with Crippen molar-refractivity contribution in [3.05, 3.63) is 44.7 Å². The predicted molar refractivity (Wildman–Crippen MR) is 115 cm³/mol. The minimum absolute atomic E-state index is 0.0282. The Morgan fingerprint density at radius 3 is 2.70 bits per heavy atom. The number of thiocarbonyl (C=S) groups is 1. The van der Waals surface area contributed by atoms with Crippen molar-refractivity contribution in [1.82, 2.24) is 14.3 Å². The second-order valence-corrected chi connectivity index (χ2v) is 8.36. The average molecular weight is 403 g/mol. The quantitative estimate of drug-likeness (QED) is 0.610. The fraction of sp³-hybridized carbons (Fsp3) is 0.368. The molecule has 6 nitrogen and oxygen atoms in total. The minimum atomic E-state index is -0.211. The van der Waals surface area contributed by atoms with Crippen LogP contribution >= 0.6 is 24.0 Å². The summed E-state index contributed by atoms with van der Waals surface area (Å²) in [6, 6.07) is 3.70. The van der Waals surface area contributed by atoms with Crippen LogP contribution in [0, 0.1) is 6.92 Å². The molecule has 142 valence electrons. The second-order valence-electron chi connectivity index (χ2n) is 6.69. The van der Waals surface area contributed by atoms with Gasteiger partial charge in [-0.3, -0.25) is 18.9 Å². The number of nitrogens with zero attached hydrogens (tertiary/aromatic N) is 3. The molecule has 0 atom stereocenters. The second kappa shape index (κ2) is 7.82. The Hall–Kier alpha value is -2.19. The Labute approximate surface area is 167 Å². The van der Waals surface area contributed by atoms with Crippen molar-refractivity contribution in [2.45, 2.75) is 40.2 Å². The standard InChI is InChI=1S/C19H22N4O2S2/c1-5-8-20-16-13(9-14-18(25)23(11(2)3)19(26)27-14)17(24)22-10-12(4)6-7-15(22)21-16/h6-7,9-11,20H,5,8H2,1-4H3. The highest BCUT2D eigenvalue weighted by atomic mass is 32.2. The lowest BCUT2D eigenvalue weighted by Crippen LogP contribution is -2.34. The molecule has 0 unspecified atom stereocenters. The van der Waals surface area contributed by atoms with Crippen LogP contribution in [0.25, 0.3) is 11.7 Å². The number of pyridine rings is 1. The largest absolute Gasteiger partial charge is 0.369 e. The first-order valence-corrected chi connectivity index (χ1v) is 10.1. The molecule has 2 aromatic rings. The Kier molecular flexibility index (Phi) is 5.67. The fourth-order valence-electron chi connectivity index (χ4n) is 2.82. The van der Waals surface area contributed by atoms with E-state index < -0.39 is 0 Å². The summed E-state index contributed by atoms with van der Waals surface area (Å²) in [7, 11) is 0. The van der Waals surface area contributed by atoms with E-state index in [1.807, 2.05) is 39.8 Å². The van der Waals surface area contributed by atoms with Crippen LogP contribution in [0.1, 0.15) is 38.3 Å². The van der Waals surface area contributed by atoms with Crippen LogP contribution in [0.5, 0.6) is 0 Å². The van der Waals surface area contributed by atoms with Gasteiger partial charge < -0.3 is 5.32 Å². The van der Waals surface area contributed by atoms with Gasteiger partial charge in [0.15, 0.2) is 0 Å². The van der Waals surface area contributed by atoms with Crippen molar-refractivity contribution in [2.75, 3.05) is 11.9 Å². The van der Waals surface area contributed by atoms with E-state index >= 15 is 0 Å². The van der Waals surface area contributed by atoms with Crippen molar-refractivity contribution >= 4 is 51.7 Å². The molecular weight excluding hydrogens is 380 g/mol. The summed E-state index contributed by atoms with van der Waals surface area (Å²) in [5, 5.41) is 3.21. The van der Waals surface area contributed by atoms with E-state index in [0.29, 0.717) is 32.8 Å². The topological polar surface area (TPSA) is 66.7 Å². The normalized spacial score (nSPS) is 16.2. The number of fused-ring (bicyclic) bond motifs is 1. The molecular formula is C19H22N4O2S2. The summed E-state index contributed by atoms with van der Waals surface area (Å²) in [6.45, 7) is 8.47. The smallest absolute Gasteiger partial charge is 0.267 e. The summed E-state index contributed by atoms with van der Waals surface area (Å²) in [5.41, 5.74) is 1.68. The molecule has 0 radical (unpaired) electrons. The molecule has 3 heterocycles. The van der Waals surface area contributed by atoms with Gasteiger partial charge in [0.05, 0.1) is 10.5 Å². The highest BCUT2D eigenvalue weighted by Gasteiger charge is 2.34. The first-order valence-electron chi connectivity index (χ1n) is 8.87. The van der Waals surface area contributed by atoms with Gasteiger partial charge >= 0.3 is 0 Å². The first-order chi connectivity index (χ1) is 12.8. The SMILES string of the molecule is CCCNc1nc2ccc(C)cn2c(=O)c1C=C1SC(=S)N(C(C)C)C1=O. The lowest BCUT2D eigenvalue weighted by Gasteiger charge is -2.18. The molecule has 1 aliphatic heterocycles. The van der Waals surface area contributed by atoms with Gasteiger partial charge in [0.2, 0.25) is 0 Å². The molecule has 0 aromatic carbocycles. The van der Waals surface area contributed by atoms with Gasteiger partial charge in [0.25, 0.3) is 11.5 Å². The zero-order valence-electron chi connectivity index (χ0n) is 15.8. The van der Waals surface area contributed by atoms with Crippen molar-refractivity contribution in [2.24, 2.45) is 0 Å². The zero-order valence-corrected chi connectivity index (χ0v) is 17.4. The number of nitrogens with one attached hydrogen (secondary N) is 1. The third-order valence-electron chi connectivity index (χ3n) is 4.16. The molecule has 0 spiro atoms. The number of anilines is 1. The molecule has 1 N–H and O–H groups in total. The van der Waals surface area contributed by atoms with E-state index in [1.165, 1.54) is 16.2 Å². The number of aromatic nitrogens is 2. The van der Waals surface area contributed by atoms with Crippen LogP contribution in [0.4, 0.5) is 5.82 Å². The zero-order chi connectivity index (χ0) is 19.7. The van der Waals surface area contributed by atoms with Crippen molar-refractivity contribution < 1.29 is 4.79 Å². The molecule has 8 heteroatoms. The van der Waals surface area contributed by atoms with E-state index in [9.17, 15) is 9.59 Å². The van der Waals surface area contributed by atoms with Crippen LogP contribution in [-0.2, 0) is 4.79 Å². The molecule has 2 aromatic heterocycles. The molecule has 0 aliphatic carbocycles. The van der Waals surface area contributed by atoms with Gasteiger partial charge in [0, 0.05) is 18.8 Å². The van der Waals surface area contributed by atoms with E-state index in [2.05, 4.69) is 10.3 Å². The molecule has 0 bridgehead atoms. The fourth-order valence-corrected chi connectivity index (χ4v) is 4.33. The van der Waals surface area contributed by atoms with Gasteiger partial charge in [-0.1, -0.05) is 37.0 Å². The number of hydrogen-bond donors (Lipinski definition) is 1. The van der Waals surface area contributed by atoms with Crippen molar-refractivity contribution in [3.63, 3.8) is 0 Å². The van der Waals surface area contributed by atoms with Gasteiger partial charge in [0.1, 0.15) is 15.8 Å². The monoisotopic (exact) mass is 402 g/mol. The number of amides is 1. The van der Waals surface area contributed by atoms with E-state index in [4.69, 9.17) is 12.2 Å². The van der Waals surface area contributed by atoms with Crippen molar-refractivity contribution in [3.8, 4) is 0 Å². The predicted octanol–water partition coefficient (Wildman–Crippen LogP) is 3.43. The number of rotatable bonds is 5. The van der Waals surface area contributed by atoms with Gasteiger partial charge in [-0.05, 0) is 44.9 Å². The molecule has 1 aliphatic rings. The van der Waals surface area contributed by atoms with E-state index in [1.54, 1.807) is 17.2 Å². The summed E-state index contributed by atoms with van der Waals surface area (Å²) >= 11 is 6.55. The third kappa shape index (κ3) is 3.77. The Morgan fingerprint density at radius 1 is 1.33 bits per heavy atom. The van der Waals surface area contributed by atoms with Crippen LogP contribution < -0.4 is 10.9 Å². The summed E-state index contributed by atoms with van der Waals surface area (Å²) in [6.07, 6.45) is 4.26. The molecule has 1 saturated heterocycles. The molecule has 27 heavy (non-hydrogen) atoms. The van der Waals surface area contributed by atoms with E-state index in [0.717, 1.165) is 12.0 Å². The highest BCUT2D eigenvalue weighted by molar-refractivity contribution is 8.26. The highest BCUT2D eigenvalue weighted by Crippen LogP contribution is 2.34. The van der Waals surface area contributed by atoms with Crippen LogP contribution in [-0.4, -0.2) is 37.1 Å². The number of aryl methyl sites for hydroxylation is 1. The Bertz CT molecular complexity index is 1010. The summed E-state index contributed by atoms with van der Waals surface area (Å²) in [5.74, 6) is 0.315. The average Bonchev–Trinajstić information content (AvgIpc) is 2.90. The van der Waals surface area contributed by atoms with Crippen molar-refractivity contribution in [1.29, 1.82) is 0 Å². The summed E-state index contributed by atoms with van der Waals surface area (Å²) in [4.78, 5) is 32.5. The number of carbonyl (C=O) groups excluding carboxylic acids is 1. The maximum absolute atomic E-state index is 13.1. The molecule has 0 saturated carbocycles. The van der Waals surface area contributed by atoms with Gasteiger partial charge in [-0.15, -0.1) is 0 Å².